The Morgan fingerprint density at radius 1 is 1.22 bits per heavy atom. The van der Waals surface area contributed by atoms with Gasteiger partial charge < -0.3 is 10.6 Å². The standard InChI is InChI=1S/C12H14N6/c1-8-16-10(9-6-13-7-9)5-11(17-8)18-12-14-3-2-4-15-12/h2-5,9,13H,6-7H2,1H3,(H,14,15,16,17,18). The van der Waals surface area contributed by atoms with Gasteiger partial charge in [-0.25, -0.2) is 19.9 Å². The van der Waals surface area contributed by atoms with Crippen molar-refractivity contribution in [3.8, 4) is 0 Å². The highest BCUT2D eigenvalue weighted by atomic mass is 15.1. The van der Waals surface area contributed by atoms with Crippen LogP contribution in [0, 0.1) is 6.92 Å². The molecule has 0 atom stereocenters. The zero-order chi connectivity index (χ0) is 12.4. The van der Waals surface area contributed by atoms with Gasteiger partial charge in [0.05, 0.1) is 5.69 Å². The summed E-state index contributed by atoms with van der Waals surface area (Å²) >= 11 is 0. The molecule has 0 aromatic carbocycles. The van der Waals surface area contributed by atoms with Crippen LogP contribution >= 0.6 is 0 Å². The number of aryl methyl sites for hydroxylation is 1. The highest BCUT2D eigenvalue weighted by Crippen LogP contribution is 2.21. The molecule has 6 heteroatoms. The first-order valence-corrected chi connectivity index (χ1v) is 5.91. The van der Waals surface area contributed by atoms with Gasteiger partial charge in [0.2, 0.25) is 5.95 Å². The second kappa shape index (κ2) is 4.66. The molecule has 92 valence electrons. The van der Waals surface area contributed by atoms with Gasteiger partial charge in [-0.2, -0.15) is 0 Å². The molecule has 0 unspecified atom stereocenters. The van der Waals surface area contributed by atoms with Gasteiger partial charge in [-0.1, -0.05) is 0 Å². The van der Waals surface area contributed by atoms with Crippen LogP contribution in [-0.4, -0.2) is 33.0 Å². The third-order valence-electron chi connectivity index (χ3n) is 2.86. The Morgan fingerprint density at radius 2 is 2.00 bits per heavy atom. The van der Waals surface area contributed by atoms with Gasteiger partial charge in [0.25, 0.3) is 0 Å². The third-order valence-corrected chi connectivity index (χ3v) is 2.86. The number of nitrogens with zero attached hydrogens (tertiary/aromatic N) is 4. The topological polar surface area (TPSA) is 75.6 Å². The number of nitrogens with one attached hydrogen (secondary N) is 2. The maximum absolute atomic E-state index is 4.47. The van der Waals surface area contributed by atoms with E-state index in [4.69, 9.17) is 0 Å². The molecule has 18 heavy (non-hydrogen) atoms. The highest BCUT2D eigenvalue weighted by molar-refractivity contribution is 5.48. The first-order valence-electron chi connectivity index (χ1n) is 5.91. The summed E-state index contributed by atoms with van der Waals surface area (Å²) < 4.78 is 0. The number of rotatable bonds is 3. The van der Waals surface area contributed by atoms with Crippen LogP contribution in [-0.2, 0) is 0 Å². The molecule has 2 aromatic heterocycles. The van der Waals surface area contributed by atoms with E-state index in [0.29, 0.717) is 11.9 Å². The maximum Gasteiger partial charge on any atom is 0.228 e. The molecule has 6 nitrogen and oxygen atoms in total. The van der Waals surface area contributed by atoms with E-state index >= 15 is 0 Å². The van der Waals surface area contributed by atoms with Gasteiger partial charge in [-0.3, -0.25) is 0 Å². The summed E-state index contributed by atoms with van der Waals surface area (Å²) in [4.78, 5) is 17.0. The van der Waals surface area contributed by atoms with Crippen LogP contribution in [0.3, 0.4) is 0 Å². The Morgan fingerprint density at radius 3 is 2.67 bits per heavy atom. The average Bonchev–Trinajstić information content (AvgIpc) is 2.27. The summed E-state index contributed by atoms with van der Waals surface area (Å²) in [5.41, 5.74) is 1.07. The van der Waals surface area contributed by atoms with E-state index in [9.17, 15) is 0 Å². The molecule has 1 saturated heterocycles. The molecular formula is C12H14N6. The molecule has 0 amide bonds. The second-order valence-electron chi connectivity index (χ2n) is 4.28. The summed E-state index contributed by atoms with van der Waals surface area (Å²) in [6.07, 6.45) is 3.39. The van der Waals surface area contributed by atoms with Gasteiger partial charge in [0.1, 0.15) is 11.6 Å². The molecule has 0 bridgehead atoms. The van der Waals surface area contributed by atoms with Crippen LogP contribution in [0.2, 0.25) is 0 Å². The fraction of sp³-hybridized carbons (Fsp3) is 0.333. The van der Waals surface area contributed by atoms with Gasteiger partial charge >= 0.3 is 0 Å². The van der Waals surface area contributed by atoms with Gasteiger partial charge in [0.15, 0.2) is 0 Å². The quantitative estimate of drug-likeness (QED) is 0.836. The Hall–Kier alpha value is -2.08. The van der Waals surface area contributed by atoms with Crippen molar-refractivity contribution in [2.75, 3.05) is 18.4 Å². The van der Waals surface area contributed by atoms with Crippen molar-refractivity contribution < 1.29 is 0 Å². The average molecular weight is 242 g/mol. The third kappa shape index (κ3) is 2.28. The first kappa shape index (κ1) is 11.0. The number of hydrogen-bond acceptors (Lipinski definition) is 6. The van der Waals surface area contributed by atoms with Gasteiger partial charge in [-0.15, -0.1) is 0 Å². The van der Waals surface area contributed by atoms with E-state index in [1.165, 1.54) is 0 Å². The maximum atomic E-state index is 4.47. The SMILES string of the molecule is Cc1nc(Nc2ncccn2)cc(C2CNC2)n1. The molecule has 1 aliphatic rings. The summed E-state index contributed by atoms with van der Waals surface area (Å²) in [5, 5.41) is 6.34. The molecule has 0 radical (unpaired) electrons. The molecule has 0 saturated carbocycles. The second-order valence-corrected chi connectivity index (χ2v) is 4.28. The Balaban J connectivity index is 1.85. The number of hydrogen-bond donors (Lipinski definition) is 2. The van der Waals surface area contributed by atoms with Crippen molar-refractivity contribution in [1.82, 2.24) is 25.3 Å². The van der Waals surface area contributed by atoms with Crippen LogP contribution < -0.4 is 10.6 Å². The van der Waals surface area contributed by atoms with E-state index in [-0.39, 0.29) is 0 Å². The van der Waals surface area contributed by atoms with Gasteiger partial charge in [0, 0.05) is 37.5 Å². The number of aromatic nitrogens is 4. The van der Waals surface area contributed by atoms with Crippen molar-refractivity contribution >= 4 is 11.8 Å². The van der Waals surface area contributed by atoms with Crippen molar-refractivity contribution in [1.29, 1.82) is 0 Å². The van der Waals surface area contributed by atoms with Crippen molar-refractivity contribution in [3.63, 3.8) is 0 Å². The largest absolute Gasteiger partial charge is 0.315 e. The predicted molar refractivity (Wildman–Crippen MR) is 67.7 cm³/mol. The Labute approximate surface area is 105 Å². The van der Waals surface area contributed by atoms with Crippen LogP contribution in [0.4, 0.5) is 11.8 Å². The zero-order valence-electron chi connectivity index (χ0n) is 10.1. The summed E-state index contributed by atoms with van der Waals surface area (Å²) in [6, 6.07) is 3.75. The lowest BCUT2D eigenvalue weighted by Crippen LogP contribution is -2.40. The Kier molecular flexibility index (Phi) is 2.85. The zero-order valence-corrected chi connectivity index (χ0v) is 10.1. The molecule has 2 aromatic rings. The van der Waals surface area contributed by atoms with E-state index in [1.807, 2.05) is 13.0 Å². The van der Waals surface area contributed by atoms with E-state index in [1.54, 1.807) is 18.5 Å². The molecule has 0 aliphatic carbocycles. The summed E-state index contributed by atoms with van der Waals surface area (Å²) in [7, 11) is 0. The minimum Gasteiger partial charge on any atom is -0.315 e. The fourth-order valence-corrected chi connectivity index (χ4v) is 1.84. The highest BCUT2D eigenvalue weighted by Gasteiger charge is 2.21. The molecule has 1 fully saturated rings. The molecule has 0 spiro atoms. The van der Waals surface area contributed by atoms with E-state index in [2.05, 4.69) is 30.6 Å². The lowest BCUT2D eigenvalue weighted by atomic mass is 9.99. The molecule has 3 heterocycles. The Bertz CT molecular complexity index is 538. The van der Waals surface area contributed by atoms with Crippen molar-refractivity contribution in [2.45, 2.75) is 12.8 Å². The van der Waals surface area contributed by atoms with Crippen LogP contribution in [0.5, 0.6) is 0 Å². The first-order chi connectivity index (χ1) is 8.81. The smallest absolute Gasteiger partial charge is 0.228 e. The monoisotopic (exact) mass is 242 g/mol. The molecular weight excluding hydrogens is 228 g/mol. The lowest BCUT2D eigenvalue weighted by Gasteiger charge is -2.26. The van der Waals surface area contributed by atoms with Gasteiger partial charge in [-0.05, 0) is 13.0 Å². The lowest BCUT2D eigenvalue weighted by molar-refractivity contribution is 0.438. The number of anilines is 2. The minimum absolute atomic E-state index is 0.490. The van der Waals surface area contributed by atoms with Crippen LogP contribution in [0.15, 0.2) is 24.5 Å². The molecule has 1 aliphatic heterocycles. The van der Waals surface area contributed by atoms with E-state index < -0.39 is 0 Å². The summed E-state index contributed by atoms with van der Waals surface area (Å²) in [5.74, 6) is 2.55. The minimum atomic E-state index is 0.490. The van der Waals surface area contributed by atoms with Crippen LogP contribution in [0.1, 0.15) is 17.4 Å². The fourth-order valence-electron chi connectivity index (χ4n) is 1.84. The predicted octanol–water partition coefficient (Wildman–Crippen LogP) is 1.01. The van der Waals surface area contributed by atoms with Crippen molar-refractivity contribution in [2.24, 2.45) is 0 Å². The normalized spacial score (nSPS) is 15.2. The van der Waals surface area contributed by atoms with Crippen molar-refractivity contribution in [3.05, 3.63) is 36.0 Å². The van der Waals surface area contributed by atoms with Crippen LogP contribution in [0.25, 0.3) is 0 Å². The molecule has 3 rings (SSSR count). The molecule has 2 N–H and O–H groups in total. The summed E-state index contributed by atoms with van der Waals surface area (Å²) in [6.45, 7) is 3.86. The van der Waals surface area contributed by atoms with E-state index in [0.717, 1.165) is 30.4 Å².